The number of methoxy groups -OCH3 is 1. The summed E-state index contributed by atoms with van der Waals surface area (Å²) in [5.41, 5.74) is 5.49. The highest BCUT2D eigenvalue weighted by Crippen LogP contribution is 2.28. The second-order valence-electron chi connectivity index (χ2n) is 7.30. The molecule has 3 nitrogen and oxygen atoms in total. The molecule has 0 aliphatic heterocycles. The standard InChI is InChI=1S/C26H25ClO3/c1-17-6-5-7-21(12-17)24(28)10-8-20-9-11-25(29-4)22(15-20)16-30-23-13-18(2)26(27)19(3)14-23/h5-15H,16H2,1-4H3/b10-8+. The average molecular weight is 421 g/mol. The first-order valence-electron chi connectivity index (χ1n) is 9.73. The van der Waals surface area contributed by atoms with Gasteiger partial charge in [0.05, 0.1) is 7.11 Å². The second-order valence-corrected chi connectivity index (χ2v) is 7.68. The highest BCUT2D eigenvalue weighted by atomic mass is 35.5. The van der Waals surface area contributed by atoms with E-state index < -0.39 is 0 Å². The number of hydrogen-bond donors (Lipinski definition) is 0. The molecule has 0 aliphatic carbocycles. The molecule has 154 valence electrons. The minimum absolute atomic E-state index is 0.0283. The van der Waals surface area contributed by atoms with E-state index in [1.54, 1.807) is 13.2 Å². The molecule has 0 radical (unpaired) electrons. The Balaban J connectivity index is 1.77. The first kappa shape index (κ1) is 21.7. The molecule has 0 heterocycles. The molecule has 0 N–H and O–H groups in total. The summed E-state index contributed by atoms with van der Waals surface area (Å²) in [6.45, 7) is 6.23. The molecule has 0 saturated heterocycles. The Kier molecular flexibility index (Phi) is 6.96. The Bertz CT molecular complexity index is 1080. The zero-order chi connectivity index (χ0) is 21.7. The number of allylic oxidation sites excluding steroid dienone is 1. The summed E-state index contributed by atoms with van der Waals surface area (Å²) in [5.74, 6) is 1.46. The van der Waals surface area contributed by atoms with Crippen molar-refractivity contribution in [3.05, 3.63) is 99.1 Å². The van der Waals surface area contributed by atoms with Crippen LogP contribution in [0.5, 0.6) is 11.5 Å². The Labute approximate surface area is 182 Å². The van der Waals surface area contributed by atoms with Crippen LogP contribution in [0.1, 0.15) is 38.2 Å². The molecule has 0 atom stereocenters. The van der Waals surface area contributed by atoms with Crippen LogP contribution in [0.4, 0.5) is 0 Å². The van der Waals surface area contributed by atoms with Gasteiger partial charge in [-0.05, 0) is 73.9 Å². The summed E-state index contributed by atoms with van der Waals surface area (Å²) in [6, 6.07) is 17.2. The zero-order valence-corrected chi connectivity index (χ0v) is 18.4. The van der Waals surface area contributed by atoms with E-state index in [4.69, 9.17) is 21.1 Å². The number of aryl methyl sites for hydroxylation is 3. The van der Waals surface area contributed by atoms with Crippen molar-refractivity contribution < 1.29 is 14.3 Å². The first-order valence-corrected chi connectivity index (χ1v) is 10.1. The third kappa shape index (κ3) is 5.31. The maximum Gasteiger partial charge on any atom is 0.185 e. The number of ether oxygens (including phenoxy) is 2. The number of carbonyl (C=O) groups excluding carboxylic acids is 1. The average Bonchev–Trinajstić information content (AvgIpc) is 2.74. The summed E-state index contributed by atoms with van der Waals surface area (Å²) < 4.78 is 11.5. The number of rotatable bonds is 7. The molecule has 0 bridgehead atoms. The predicted molar refractivity (Wildman–Crippen MR) is 123 cm³/mol. The number of ketones is 1. The first-order chi connectivity index (χ1) is 14.4. The van der Waals surface area contributed by atoms with Crippen molar-refractivity contribution in [2.24, 2.45) is 0 Å². The normalized spacial score (nSPS) is 11.0. The van der Waals surface area contributed by atoms with E-state index in [-0.39, 0.29) is 5.78 Å². The smallest absolute Gasteiger partial charge is 0.185 e. The quantitative estimate of drug-likeness (QED) is 0.313. The molecule has 0 aliphatic rings. The Morgan fingerprint density at radius 3 is 2.40 bits per heavy atom. The van der Waals surface area contributed by atoms with Crippen molar-refractivity contribution in [2.75, 3.05) is 7.11 Å². The number of carbonyl (C=O) groups is 1. The van der Waals surface area contributed by atoms with Gasteiger partial charge in [-0.15, -0.1) is 0 Å². The molecule has 3 aromatic carbocycles. The molecule has 0 unspecified atom stereocenters. The van der Waals surface area contributed by atoms with Crippen LogP contribution in [-0.4, -0.2) is 12.9 Å². The molecule has 4 heteroatoms. The van der Waals surface area contributed by atoms with Crippen LogP contribution in [0.3, 0.4) is 0 Å². The van der Waals surface area contributed by atoms with Crippen LogP contribution in [0, 0.1) is 20.8 Å². The highest BCUT2D eigenvalue weighted by molar-refractivity contribution is 6.32. The van der Waals surface area contributed by atoms with E-state index in [1.807, 2.05) is 81.4 Å². The Morgan fingerprint density at radius 2 is 1.73 bits per heavy atom. The van der Waals surface area contributed by atoms with Crippen molar-refractivity contribution in [1.82, 2.24) is 0 Å². The fraction of sp³-hybridized carbons (Fsp3) is 0.192. The minimum Gasteiger partial charge on any atom is -0.496 e. The molecule has 3 aromatic rings. The van der Waals surface area contributed by atoms with Crippen LogP contribution in [0.2, 0.25) is 5.02 Å². The fourth-order valence-corrected chi connectivity index (χ4v) is 3.34. The van der Waals surface area contributed by atoms with Crippen molar-refractivity contribution in [3.63, 3.8) is 0 Å². The summed E-state index contributed by atoms with van der Waals surface area (Å²) in [6.07, 6.45) is 3.40. The van der Waals surface area contributed by atoms with Gasteiger partial charge in [0.2, 0.25) is 0 Å². The highest BCUT2D eigenvalue weighted by Gasteiger charge is 2.08. The summed E-state index contributed by atoms with van der Waals surface area (Å²) >= 11 is 6.24. The third-order valence-corrected chi connectivity index (χ3v) is 5.43. The van der Waals surface area contributed by atoms with Crippen LogP contribution in [0.15, 0.2) is 60.7 Å². The lowest BCUT2D eigenvalue weighted by Crippen LogP contribution is -2.00. The second kappa shape index (κ2) is 9.64. The van der Waals surface area contributed by atoms with Crippen molar-refractivity contribution in [3.8, 4) is 11.5 Å². The summed E-state index contributed by atoms with van der Waals surface area (Å²) in [5, 5.41) is 0.755. The largest absolute Gasteiger partial charge is 0.496 e. The van der Waals surface area contributed by atoms with Gasteiger partial charge in [-0.2, -0.15) is 0 Å². The van der Waals surface area contributed by atoms with Gasteiger partial charge in [-0.1, -0.05) is 47.5 Å². The van der Waals surface area contributed by atoms with Gasteiger partial charge in [0.25, 0.3) is 0 Å². The maximum atomic E-state index is 12.4. The van der Waals surface area contributed by atoms with Gasteiger partial charge in [0.15, 0.2) is 5.78 Å². The van der Waals surface area contributed by atoms with Crippen LogP contribution < -0.4 is 9.47 Å². The number of halogens is 1. The SMILES string of the molecule is COc1ccc(/C=C/C(=O)c2cccc(C)c2)cc1COc1cc(C)c(Cl)c(C)c1. The Hall–Kier alpha value is -3.04. The van der Waals surface area contributed by atoms with E-state index in [9.17, 15) is 4.79 Å². The number of hydrogen-bond acceptors (Lipinski definition) is 3. The van der Waals surface area contributed by atoms with Crippen molar-refractivity contribution >= 4 is 23.5 Å². The van der Waals surface area contributed by atoms with Gasteiger partial charge >= 0.3 is 0 Å². The molecule has 0 aromatic heterocycles. The van der Waals surface area contributed by atoms with Crippen LogP contribution in [0.25, 0.3) is 6.08 Å². The maximum absolute atomic E-state index is 12.4. The fourth-order valence-electron chi connectivity index (χ4n) is 3.23. The van der Waals surface area contributed by atoms with E-state index >= 15 is 0 Å². The predicted octanol–water partition coefficient (Wildman–Crippen LogP) is 6.75. The zero-order valence-electron chi connectivity index (χ0n) is 17.7. The van der Waals surface area contributed by atoms with Crippen molar-refractivity contribution in [1.29, 1.82) is 0 Å². The molecule has 0 amide bonds. The molecular weight excluding hydrogens is 396 g/mol. The third-order valence-electron chi connectivity index (χ3n) is 4.84. The lowest BCUT2D eigenvalue weighted by Gasteiger charge is -2.13. The number of benzene rings is 3. The van der Waals surface area contributed by atoms with E-state index in [0.29, 0.717) is 12.2 Å². The van der Waals surface area contributed by atoms with Gasteiger partial charge in [0.1, 0.15) is 18.1 Å². The van der Waals surface area contributed by atoms with Crippen molar-refractivity contribution in [2.45, 2.75) is 27.4 Å². The Morgan fingerprint density at radius 1 is 1.00 bits per heavy atom. The van der Waals surface area contributed by atoms with Crippen LogP contribution >= 0.6 is 11.6 Å². The molecule has 30 heavy (non-hydrogen) atoms. The molecular formula is C26H25ClO3. The van der Waals surface area contributed by atoms with E-state index in [2.05, 4.69) is 0 Å². The van der Waals surface area contributed by atoms with Gasteiger partial charge in [-0.25, -0.2) is 0 Å². The molecule has 0 spiro atoms. The van der Waals surface area contributed by atoms with Crippen LogP contribution in [-0.2, 0) is 6.61 Å². The lowest BCUT2D eigenvalue weighted by atomic mass is 10.1. The van der Waals surface area contributed by atoms with Gasteiger partial charge in [0, 0.05) is 16.1 Å². The van der Waals surface area contributed by atoms with Gasteiger partial charge in [-0.3, -0.25) is 4.79 Å². The van der Waals surface area contributed by atoms with Gasteiger partial charge < -0.3 is 9.47 Å². The lowest BCUT2D eigenvalue weighted by molar-refractivity contribution is 0.104. The molecule has 0 saturated carbocycles. The monoisotopic (exact) mass is 420 g/mol. The topological polar surface area (TPSA) is 35.5 Å². The molecule has 3 rings (SSSR count). The summed E-state index contributed by atoms with van der Waals surface area (Å²) in [4.78, 5) is 12.4. The van der Waals surface area contributed by atoms with E-state index in [1.165, 1.54) is 0 Å². The van der Waals surface area contributed by atoms with E-state index in [0.717, 1.165) is 44.3 Å². The summed E-state index contributed by atoms with van der Waals surface area (Å²) in [7, 11) is 1.63. The minimum atomic E-state index is -0.0283. The molecule has 0 fully saturated rings.